The number of oxime groups is 1. The third-order valence-corrected chi connectivity index (χ3v) is 11.9. The molecule has 3 aromatic carbocycles. The molecule has 62 heavy (non-hydrogen) atoms. The van der Waals surface area contributed by atoms with Crippen LogP contribution >= 0.6 is 0 Å². The molecular weight excluding hydrogens is 795 g/mol. The lowest BCUT2D eigenvalue weighted by Gasteiger charge is -2.59. The van der Waals surface area contributed by atoms with Crippen LogP contribution in [0, 0.1) is 27.9 Å². The van der Waals surface area contributed by atoms with Crippen molar-refractivity contribution in [1.82, 2.24) is 4.90 Å². The Labute approximate surface area is 363 Å². The Morgan fingerprint density at radius 2 is 1.68 bits per heavy atom. The molecule has 1 aliphatic heterocycles. The Bertz CT molecular complexity index is 2020. The molecule has 3 aliphatic rings. The third kappa shape index (κ3) is 10.9. The number of aliphatic hydroxyl groups excluding tert-OH is 2. The van der Waals surface area contributed by atoms with E-state index in [1.165, 1.54) is 17.0 Å². The maximum atomic E-state index is 14.1. The molecule has 1 fully saturated rings. The lowest BCUT2D eigenvalue weighted by molar-refractivity contribution is -0.384. The smallest absolute Gasteiger partial charge is 0.410 e. The molecular formula is C48H59N3O11. The number of ether oxygens (including phenoxy) is 5. The number of benzene rings is 3. The van der Waals surface area contributed by atoms with Gasteiger partial charge < -0.3 is 43.6 Å². The molecule has 1 saturated carbocycles. The first kappa shape index (κ1) is 46.0. The summed E-state index contributed by atoms with van der Waals surface area (Å²) in [5.74, 6) is -0.918. The van der Waals surface area contributed by atoms with Crippen LogP contribution < -0.4 is 9.47 Å². The number of hydrogen-bond acceptors (Lipinski definition) is 12. The van der Waals surface area contributed by atoms with Crippen LogP contribution in [0.1, 0.15) is 67.6 Å². The number of hydrogen-bond donors (Lipinski definition) is 2. The summed E-state index contributed by atoms with van der Waals surface area (Å²) < 4.78 is 31.8. The van der Waals surface area contributed by atoms with Gasteiger partial charge in [0.15, 0.2) is 0 Å². The first-order valence-corrected chi connectivity index (χ1v) is 21.4. The number of nitrogens with zero attached hydrogens (tertiary/aromatic N) is 3. The Morgan fingerprint density at radius 3 is 2.39 bits per heavy atom. The minimum atomic E-state index is -1.46. The maximum Gasteiger partial charge on any atom is 0.410 e. The highest BCUT2D eigenvalue weighted by Gasteiger charge is 2.65. The van der Waals surface area contributed by atoms with Gasteiger partial charge in [0.1, 0.15) is 37.4 Å². The SMILES string of the molecule is C=CCOc1ccc2c(c1)[C@H]1[C@H](CCCCO)[C@@H](CCCCO)C=C3C(=NOCc4ccc([N+](=O)[O-])cc4)C[C@H](N(C)C(=O)OCCOCc4ccccc4)[C@@](OCC=C)(O2)[C@H]31. The molecule has 14 nitrogen and oxygen atoms in total. The largest absolute Gasteiger partial charge is 0.490 e. The predicted octanol–water partition coefficient (Wildman–Crippen LogP) is 8.28. The molecule has 0 unspecified atom stereocenters. The van der Waals surface area contributed by atoms with Crippen molar-refractivity contribution in [3.63, 3.8) is 0 Å². The number of likely N-dealkylation sites (N-methyl/N-ethyl adjacent to an activating group) is 1. The molecule has 0 spiro atoms. The van der Waals surface area contributed by atoms with Crippen molar-refractivity contribution in [3.05, 3.63) is 137 Å². The fourth-order valence-electron chi connectivity index (χ4n) is 9.05. The molecule has 3 aromatic rings. The van der Waals surface area contributed by atoms with Crippen LogP contribution in [0.25, 0.3) is 0 Å². The van der Waals surface area contributed by atoms with E-state index in [2.05, 4.69) is 19.2 Å². The van der Waals surface area contributed by atoms with Crippen molar-refractivity contribution in [2.45, 2.75) is 75.9 Å². The lowest BCUT2D eigenvalue weighted by atomic mass is 9.55. The van der Waals surface area contributed by atoms with Crippen LogP contribution in [0.15, 0.2) is 115 Å². The Kier molecular flexibility index (Phi) is 16.7. The molecule has 6 atom stereocenters. The van der Waals surface area contributed by atoms with E-state index in [1.807, 2.05) is 48.5 Å². The molecule has 14 heteroatoms. The lowest BCUT2D eigenvalue weighted by Crippen LogP contribution is -2.69. The minimum Gasteiger partial charge on any atom is -0.490 e. The van der Waals surface area contributed by atoms with Gasteiger partial charge in [-0.25, -0.2) is 4.79 Å². The highest BCUT2D eigenvalue weighted by atomic mass is 16.7. The Balaban J connectivity index is 1.43. The van der Waals surface area contributed by atoms with Gasteiger partial charge in [0.25, 0.3) is 5.69 Å². The molecule has 2 aliphatic carbocycles. The second-order valence-electron chi connectivity index (χ2n) is 15.8. The van der Waals surface area contributed by atoms with Gasteiger partial charge in [-0.2, -0.15) is 0 Å². The fraction of sp³-hybridized carbons (Fsp3) is 0.458. The molecule has 0 aromatic heterocycles. The molecule has 6 rings (SSSR count). The van der Waals surface area contributed by atoms with E-state index in [0.717, 1.165) is 42.4 Å². The van der Waals surface area contributed by atoms with E-state index in [-0.39, 0.29) is 69.5 Å². The molecule has 0 radical (unpaired) electrons. The summed E-state index contributed by atoms with van der Waals surface area (Å²) in [6.45, 7) is 8.98. The number of allylic oxidation sites excluding steroid dienone is 1. The number of carbonyl (C=O) groups is 1. The van der Waals surface area contributed by atoms with Crippen molar-refractivity contribution in [1.29, 1.82) is 0 Å². The predicted molar refractivity (Wildman–Crippen MR) is 234 cm³/mol. The average molecular weight is 854 g/mol. The zero-order chi connectivity index (χ0) is 43.9. The first-order valence-electron chi connectivity index (χ1n) is 21.4. The second-order valence-corrected chi connectivity index (χ2v) is 15.8. The summed E-state index contributed by atoms with van der Waals surface area (Å²) in [6, 6.07) is 20.8. The van der Waals surface area contributed by atoms with Crippen molar-refractivity contribution in [2.24, 2.45) is 22.9 Å². The van der Waals surface area contributed by atoms with E-state index in [1.54, 1.807) is 31.3 Å². The van der Waals surface area contributed by atoms with E-state index < -0.39 is 28.8 Å². The van der Waals surface area contributed by atoms with Gasteiger partial charge in [-0.1, -0.05) is 73.1 Å². The number of aliphatic hydroxyl groups is 2. The number of carbonyl (C=O) groups excluding carboxylic acids is 1. The van der Waals surface area contributed by atoms with Crippen LogP contribution in [0.4, 0.5) is 10.5 Å². The number of nitro benzene ring substituents is 1. The quantitative estimate of drug-likeness (QED) is 0.0385. The molecule has 1 heterocycles. The van der Waals surface area contributed by atoms with E-state index >= 15 is 0 Å². The van der Waals surface area contributed by atoms with Crippen LogP contribution in [0.3, 0.4) is 0 Å². The fourth-order valence-corrected chi connectivity index (χ4v) is 9.05. The van der Waals surface area contributed by atoms with Gasteiger partial charge in [0.2, 0.25) is 5.79 Å². The van der Waals surface area contributed by atoms with Gasteiger partial charge >= 0.3 is 6.09 Å². The van der Waals surface area contributed by atoms with Crippen LogP contribution in [0.2, 0.25) is 0 Å². The monoisotopic (exact) mass is 853 g/mol. The molecule has 0 bridgehead atoms. The summed E-state index contributed by atoms with van der Waals surface area (Å²) in [4.78, 5) is 32.6. The van der Waals surface area contributed by atoms with Crippen molar-refractivity contribution < 1.29 is 48.5 Å². The third-order valence-electron chi connectivity index (χ3n) is 11.9. The number of amides is 1. The van der Waals surface area contributed by atoms with Gasteiger partial charge in [-0.15, -0.1) is 6.58 Å². The average Bonchev–Trinajstić information content (AvgIpc) is 3.29. The summed E-state index contributed by atoms with van der Waals surface area (Å²) in [6.07, 6.45) is 9.58. The zero-order valence-corrected chi connectivity index (χ0v) is 35.5. The standard InChI is InChI=1S/C48H59N3O11/c1-4-25-58-38-21-22-43-41(30-38)45-39(16-10-12-24-53)36(15-9-11-23-52)29-40-42(49-61-33-35-17-19-37(20-18-35)51(55)56)31-44(48(62-43,46(40)45)60-26-5-2)50(3)47(54)59-28-27-57-32-34-13-7-6-8-14-34/h4-8,13-14,17-22,29-30,36,39,44-46,52-53H,1-2,9-12,15-16,23-28,31-33H2,3H3/t36-,39+,44-,45+,46+,48+/m0/s1. The summed E-state index contributed by atoms with van der Waals surface area (Å²) in [5, 5.41) is 35.8. The summed E-state index contributed by atoms with van der Waals surface area (Å²) >= 11 is 0. The maximum absolute atomic E-state index is 14.1. The van der Waals surface area contributed by atoms with E-state index in [9.17, 15) is 25.1 Å². The number of unbranched alkanes of at least 4 members (excludes halogenated alkanes) is 2. The van der Waals surface area contributed by atoms with Crippen molar-refractivity contribution in [3.8, 4) is 11.5 Å². The zero-order valence-electron chi connectivity index (χ0n) is 35.5. The number of rotatable bonds is 24. The van der Waals surface area contributed by atoms with Gasteiger partial charge in [-0.3, -0.25) is 10.1 Å². The highest BCUT2D eigenvalue weighted by molar-refractivity contribution is 6.02. The van der Waals surface area contributed by atoms with Gasteiger partial charge in [0.05, 0.1) is 36.4 Å². The van der Waals surface area contributed by atoms with Crippen molar-refractivity contribution >= 4 is 17.5 Å². The Morgan fingerprint density at radius 1 is 0.952 bits per heavy atom. The molecule has 332 valence electrons. The Hall–Kier alpha value is -5.54. The number of nitro groups is 1. The van der Waals surface area contributed by atoms with Gasteiger partial charge in [-0.05, 0) is 84.6 Å². The first-order chi connectivity index (χ1) is 30.2. The normalized spacial score (nSPS) is 22.9. The highest BCUT2D eigenvalue weighted by Crippen LogP contribution is 2.61. The van der Waals surface area contributed by atoms with Crippen LogP contribution in [0.5, 0.6) is 11.5 Å². The summed E-state index contributed by atoms with van der Waals surface area (Å²) in [5.41, 5.74) is 4.06. The molecule has 2 N–H and O–H groups in total. The van der Waals surface area contributed by atoms with E-state index in [0.29, 0.717) is 48.8 Å². The van der Waals surface area contributed by atoms with Crippen LogP contribution in [-0.2, 0) is 32.3 Å². The minimum absolute atomic E-state index is 0.0133. The van der Waals surface area contributed by atoms with Crippen LogP contribution in [-0.4, -0.2) is 90.4 Å². The van der Waals surface area contributed by atoms with Crippen molar-refractivity contribution in [2.75, 3.05) is 46.7 Å². The van der Waals surface area contributed by atoms with E-state index in [4.69, 9.17) is 33.7 Å². The number of non-ortho nitro benzene ring substituents is 1. The summed E-state index contributed by atoms with van der Waals surface area (Å²) in [7, 11) is 1.67. The molecule has 1 amide bonds. The second kappa shape index (κ2) is 22.5. The number of fused-ring (bicyclic) bond motifs is 2. The topological polar surface area (TPSA) is 172 Å². The van der Waals surface area contributed by atoms with Gasteiger partial charge in [0, 0.05) is 50.3 Å². The molecule has 0 saturated heterocycles.